The van der Waals surface area contributed by atoms with Crippen molar-refractivity contribution in [3.8, 4) is 5.75 Å². The lowest BCUT2D eigenvalue weighted by atomic mass is 9.88. The van der Waals surface area contributed by atoms with E-state index < -0.39 is 0 Å². The van der Waals surface area contributed by atoms with Gasteiger partial charge in [0, 0.05) is 58.7 Å². The first kappa shape index (κ1) is 18.4. The number of hydrogen-bond donors (Lipinski definition) is 0. The molecule has 0 aliphatic carbocycles. The molecule has 2 atom stereocenters. The van der Waals surface area contributed by atoms with Gasteiger partial charge in [-0.2, -0.15) is 0 Å². The van der Waals surface area contributed by atoms with Gasteiger partial charge in [0.15, 0.2) is 0 Å². The maximum atomic E-state index is 12.6. The van der Waals surface area contributed by atoms with Crippen molar-refractivity contribution in [1.82, 2.24) is 24.3 Å². The molecule has 1 aliphatic heterocycles. The quantitative estimate of drug-likeness (QED) is 0.782. The molecule has 0 N–H and O–H groups in total. The van der Waals surface area contributed by atoms with E-state index in [4.69, 9.17) is 4.74 Å². The predicted octanol–water partition coefficient (Wildman–Crippen LogP) is 1.42. The number of rotatable bonds is 6. The summed E-state index contributed by atoms with van der Waals surface area (Å²) >= 11 is 0. The lowest BCUT2D eigenvalue weighted by Gasteiger charge is -2.37. The minimum atomic E-state index is -0.0125. The second-order valence-electron chi connectivity index (χ2n) is 7.18. The van der Waals surface area contributed by atoms with Crippen LogP contribution in [-0.4, -0.2) is 64.0 Å². The van der Waals surface area contributed by atoms with E-state index in [0.717, 1.165) is 37.6 Å². The van der Waals surface area contributed by atoms with Crippen LogP contribution in [0.3, 0.4) is 0 Å². The molecule has 1 saturated heterocycles. The van der Waals surface area contributed by atoms with Gasteiger partial charge in [-0.3, -0.25) is 14.7 Å². The number of aromatic nitrogens is 3. The summed E-state index contributed by atoms with van der Waals surface area (Å²) in [5.74, 6) is 2.24. The zero-order valence-corrected chi connectivity index (χ0v) is 15.7. The van der Waals surface area contributed by atoms with Crippen molar-refractivity contribution in [3.05, 3.63) is 42.7 Å². The number of carbonyl (C=O) groups is 1. The largest absolute Gasteiger partial charge is 0.492 e. The minimum Gasteiger partial charge on any atom is -0.492 e. The highest BCUT2D eigenvalue weighted by Gasteiger charge is 2.33. The Morgan fingerprint density at radius 1 is 1.35 bits per heavy atom. The normalized spacial score (nSPS) is 20.7. The van der Waals surface area contributed by atoms with Gasteiger partial charge in [-0.05, 0) is 18.6 Å². The molecular weight excluding hydrogens is 330 g/mol. The molecule has 7 nitrogen and oxygen atoms in total. The summed E-state index contributed by atoms with van der Waals surface area (Å²) in [5.41, 5.74) is 0. The van der Waals surface area contributed by atoms with E-state index in [1.54, 1.807) is 17.3 Å². The molecule has 1 aliphatic rings. The van der Waals surface area contributed by atoms with Crippen LogP contribution in [0.2, 0.25) is 0 Å². The summed E-state index contributed by atoms with van der Waals surface area (Å²) in [5, 5.41) is 0. The van der Waals surface area contributed by atoms with Crippen molar-refractivity contribution in [2.75, 3.05) is 33.8 Å². The fraction of sp³-hybridized carbons (Fsp3) is 0.526. The van der Waals surface area contributed by atoms with Gasteiger partial charge in [0.1, 0.15) is 11.6 Å². The Balaban J connectivity index is 1.67. The molecule has 3 heterocycles. The standard InChI is InChI=1S/C19H27N5O2/c1-22(2)19(25)16-9-15(14-26-17-5-4-6-20-10-17)11-24(12-16)13-18-21-7-8-23(18)3/h4-8,10,15-16H,9,11-14H2,1-3H3/t15-,16+/m0/s1. The van der Waals surface area contributed by atoms with Gasteiger partial charge in [0.2, 0.25) is 5.91 Å². The molecule has 7 heteroatoms. The number of piperidine rings is 1. The zero-order chi connectivity index (χ0) is 18.5. The van der Waals surface area contributed by atoms with Crippen LogP contribution in [0.1, 0.15) is 12.2 Å². The summed E-state index contributed by atoms with van der Waals surface area (Å²) in [6, 6.07) is 3.77. The van der Waals surface area contributed by atoms with E-state index in [2.05, 4.69) is 14.9 Å². The van der Waals surface area contributed by atoms with E-state index in [0.29, 0.717) is 6.61 Å². The maximum Gasteiger partial charge on any atom is 0.226 e. The summed E-state index contributed by atoms with van der Waals surface area (Å²) in [6.07, 6.45) is 8.05. The smallest absolute Gasteiger partial charge is 0.226 e. The Bertz CT molecular complexity index is 716. The second kappa shape index (κ2) is 8.31. The highest BCUT2D eigenvalue weighted by atomic mass is 16.5. The van der Waals surface area contributed by atoms with E-state index in [1.165, 1.54) is 0 Å². The average Bonchev–Trinajstić information content (AvgIpc) is 3.04. The van der Waals surface area contributed by atoms with Crippen molar-refractivity contribution in [2.45, 2.75) is 13.0 Å². The van der Waals surface area contributed by atoms with Gasteiger partial charge < -0.3 is 14.2 Å². The van der Waals surface area contributed by atoms with Gasteiger partial charge >= 0.3 is 0 Å². The lowest BCUT2D eigenvalue weighted by molar-refractivity contribution is -0.135. The third kappa shape index (κ3) is 4.60. The monoisotopic (exact) mass is 357 g/mol. The van der Waals surface area contributed by atoms with Crippen molar-refractivity contribution < 1.29 is 9.53 Å². The van der Waals surface area contributed by atoms with Crippen LogP contribution in [0.5, 0.6) is 5.75 Å². The molecule has 1 amide bonds. The summed E-state index contributed by atoms with van der Waals surface area (Å²) in [4.78, 5) is 25.1. The molecule has 3 rings (SSSR count). The summed E-state index contributed by atoms with van der Waals surface area (Å²) < 4.78 is 7.93. The number of ether oxygens (including phenoxy) is 1. The third-order valence-corrected chi connectivity index (χ3v) is 4.81. The Hall–Kier alpha value is -2.41. The van der Waals surface area contributed by atoms with Gasteiger partial charge in [-0.1, -0.05) is 0 Å². The third-order valence-electron chi connectivity index (χ3n) is 4.81. The lowest BCUT2D eigenvalue weighted by Crippen LogP contribution is -2.47. The number of carbonyl (C=O) groups excluding carboxylic acids is 1. The van der Waals surface area contributed by atoms with Crippen LogP contribution in [0.15, 0.2) is 36.9 Å². The first-order valence-corrected chi connectivity index (χ1v) is 8.95. The second-order valence-corrected chi connectivity index (χ2v) is 7.18. The number of amides is 1. The van der Waals surface area contributed by atoms with Crippen LogP contribution >= 0.6 is 0 Å². The van der Waals surface area contributed by atoms with Crippen molar-refractivity contribution >= 4 is 5.91 Å². The maximum absolute atomic E-state index is 12.6. The topological polar surface area (TPSA) is 63.5 Å². The first-order chi connectivity index (χ1) is 12.5. The van der Waals surface area contributed by atoms with Crippen LogP contribution in [0, 0.1) is 11.8 Å². The Kier molecular flexibility index (Phi) is 5.88. The van der Waals surface area contributed by atoms with Crippen molar-refractivity contribution in [2.24, 2.45) is 18.9 Å². The molecule has 0 bridgehead atoms. The van der Waals surface area contributed by atoms with E-state index in [-0.39, 0.29) is 17.7 Å². The van der Waals surface area contributed by atoms with Crippen LogP contribution in [0.4, 0.5) is 0 Å². The van der Waals surface area contributed by atoms with E-state index in [9.17, 15) is 4.79 Å². The molecule has 0 radical (unpaired) electrons. The predicted molar refractivity (Wildman–Crippen MR) is 98.5 cm³/mol. The number of imidazole rings is 1. The molecule has 2 aromatic heterocycles. The van der Waals surface area contributed by atoms with E-state index in [1.807, 2.05) is 50.2 Å². The van der Waals surface area contributed by atoms with Gasteiger partial charge in [-0.15, -0.1) is 0 Å². The van der Waals surface area contributed by atoms with E-state index >= 15 is 0 Å². The van der Waals surface area contributed by atoms with Gasteiger partial charge in [-0.25, -0.2) is 4.98 Å². The number of nitrogens with zero attached hydrogens (tertiary/aromatic N) is 5. The van der Waals surface area contributed by atoms with Gasteiger partial charge in [0.05, 0.1) is 25.3 Å². The minimum absolute atomic E-state index is 0.0125. The number of aryl methyl sites for hydroxylation is 1. The summed E-state index contributed by atoms with van der Waals surface area (Å²) in [7, 11) is 5.64. The van der Waals surface area contributed by atoms with Crippen molar-refractivity contribution in [3.63, 3.8) is 0 Å². The van der Waals surface area contributed by atoms with Crippen LogP contribution < -0.4 is 4.74 Å². The molecule has 0 spiro atoms. The molecule has 26 heavy (non-hydrogen) atoms. The molecule has 2 aromatic rings. The Morgan fingerprint density at radius 3 is 2.85 bits per heavy atom. The molecule has 0 aromatic carbocycles. The fourth-order valence-electron chi connectivity index (χ4n) is 3.49. The Labute approximate surface area is 154 Å². The molecule has 0 unspecified atom stereocenters. The van der Waals surface area contributed by atoms with Gasteiger partial charge in [0.25, 0.3) is 0 Å². The molecule has 1 fully saturated rings. The number of hydrogen-bond acceptors (Lipinski definition) is 5. The molecule has 140 valence electrons. The van der Waals surface area contributed by atoms with Crippen LogP contribution in [0.25, 0.3) is 0 Å². The average molecular weight is 357 g/mol. The van der Waals surface area contributed by atoms with Crippen molar-refractivity contribution in [1.29, 1.82) is 0 Å². The highest BCUT2D eigenvalue weighted by molar-refractivity contribution is 5.78. The Morgan fingerprint density at radius 2 is 2.19 bits per heavy atom. The highest BCUT2D eigenvalue weighted by Crippen LogP contribution is 2.25. The fourth-order valence-corrected chi connectivity index (χ4v) is 3.49. The number of pyridine rings is 1. The molecule has 0 saturated carbocycles. The van der Waals surface area contributed by atoms with Crippen LogP contribution in [-0.2, 0) is 18.4 Å². The first-order valence-electron chi connectivity index (χ1n) is 8.95. The molecular formula is C19H27N5O2. The summed E-state index contributed by atoms with van der Waals surface area (Å²) in [6.45, 7) is 2.97. The SMILES string of the molecule is CN(C)C(=O)[C@@H]1C[C@H](COc2cccnc2)CN(Cc2nccn2C)C1. The number of likely N-dealkylation sites (tertiary alicyclic amines) is 1. The zero-order valence-electron chi connectivity index (χ0n) is 15.7.